The Kier molecular flexibility index (Phi) is 24.5. The molecule has 3 aliphatic rings. The van der Waals surface area contributed by atoms with Crippen LogP contribution >= 0.6 is 0 Å². The zero-order valence-electron chi connectivity index (χ0n) is 51.9. The number of aliphatic hydroxyl groups is 1. The normalized spacial score (nSPS) is 14.3. The number of rotatable bonds is 39. The molecule has 0 fully saturated rings. The van der Waals surface area contributed by atoms with Gasteiger partial charge in [-0.1, -0.05) is 255 Å². The summed E-state index contributed by atoms with van der Waals surface area (Å²) in [6.07, 6.45) is 41.3. The number of anilines is 3. The Balaban J connectivity index is 0.924. The van der Waals surface area contributed by atoms with Gasteiger partial charge in [-0.2, -0.15) is 0 Å². The van der Waals surface area contributed by atoms with Crippen molar-refractivity contribution >= 4 is 80.4 Å². The van der Waals surface area contributed by atoms with Crippen LogP contribution < -0.4 is 46.7 Å². The number of hydrogen-bond donors (Lipinski definition) is 4. The van der Waals surface area contributed by atoms with Crippen LogP contribution in [-0.2, 0) is 4.79 Å². The molecule has 10 heteroatoms. The van der Waals surface area contributed by atoms with Gasteiger partial charge < -0.3 is 35.2 Å². The molecule has 2 heterocycles. The Bertz CT molecular complexity index is 3160. The van der Waals surface area contributed by atoms with Gasteiger partial charge >= 0.3 is 14.0 Å². The fourth-order valence-electron chi connectivity index (χ4n) is 13.2. The Hall–Kier alpha value is -6.15. The molecule has 0 saturated heterocycles. The van der Waals surface area contributed by atoms with Crippen molar-refractivity contribution in [1.82, 2.24) is 0 Å². The van der Waals surface area contributed by atoms with Gasteiger partial charge in [0.05, 0.1) is 28.7 Å². The molecule has 84 heavy (non-hydrogen) atoms. The molecule has 0 bridgehead atoms. The molecule has 0 aromatic heterocycles. The molecule has 2 aliphatic heterocycles. The zero-order valence-corrected chi connectivity index (χ0v) is 51.9. The smallest absolute Gasteiger partial charge is 0.427 e. The van der Waals surface area contributed by atoms with Gasteiger partial charge in [0.25, 0.3) is 0 Å². The second kappa shape index (κ2) is 32.9. The molecule has 1 aliphatic carbocycles. The van der Waals surface area contributed by atoms with Gasteiger partial charge in [-0.15, -0.1) is 0 Å². The second-order valence-electron chi connectivity index (χ2n) is 24.8. The number of allylic oxidation sites excluding steroid dienone is 2. The van der Waals surface area contributed by atoms with E-state index in [0.717, 1.165) is 86.7 Å². The average Bonchev–Trinajstić information content (AvgIpc) is 1.07. The molecule has 0 unspecified atom stereocenters. The van der Waals surface area contributed by atoms with Crippen molar-refractivity contribution in [2.75, 3.05) is 15.7 Å². The number of carbonyl (C=O) groups excluding carboxylic acids is 1. The number of hydrogen-bond acceptors (Lipinski definition) is 8. The summed E-state index contributed by atoms with van der Waals surface area (Å²) < 4.78 is 13.6. The third-order valence-corrected chi connectivity index (χ3v) is 18.2. The molecule has 8 nitrogen and oxygen atoms in total. The first-order valence-electron chi connectivity index (χ1n) is 33.9. The van der Waals surface area contributed by atoms with Crippen LogP contribution in [0.15, 0.2) is 120 Å². The summed E-state index contributed by atoms with van der Waals surface area (Å²) in [6, 6.07) is 37.6. The predicted octanol–water partition coefficient (Wildman–Crippen LogP) is 18.4. The number of ether oxygens (including phenoxy) is 2. The number of ketones is 1. The van der Waals surface area contributed by atoms with E-state index in [2.05, 4.69) is 134 Å². The van der Waals surface area contributed by atoms with E-state index in [1.807, 2.05) is 18.2 Å². The number of unbranched alkanes of at least 4 members (excludes halogenated alkanes) is 24. The second-order valence-corrected chi connectivity index (χ2v) is 24.8. The van der Waals surface area contributed by atoms with Crippen LogP contribution in [0.25, 0.3) is 32.7 Å². The minimum atomic E-state index is -0.403. The summed E-state index contributed by atoms with van der Waals surface area (Å²) in [5, 5.41) is 28.9. The van der Waals surface area contributed by atoms with Crippen LogP contribution in [0, 0.1) is 0 Å². The Morgan fingerprint density at radius 2 is 0.869 bits per heavy atom. The van der Waals surface area contributed by atoms with Crippen molar-refractivity contribution < 1.29 is 19.4 Å². The first-order valence-corrected chi connectivity index (χ1v) is 33.9. The zero-order chi connectivity index (χ0) is 58.3. The molecule has 0 atom stereocenters. The molecule has 0 amide bonds. The predicted molar refractivity (Wildman–Crippen MR) is 360 cm³/mol. The number of Topliss-reactive ketones (excluding diaryl/α,β-unsaturated/α-hetero) is 1. The highest BCUT2D eigenvalue weighted by Gasteiger charge is 2.39. The van der Waals surface area contributed by atoms with Crippen LogP contribution in [0.2, 0.25) is 0 Å². The van der Waals surface area contributed by atoms with Gasteiger partial charge in [0, 0.05) is 38.6 Å². The Labute approximate surface area is 505 Å². The van der Waals surface area contributed by atoms with Gasteiger partial charge in [0.1, 0.15) is 17.3 Å². The summed E-state index contributed by atoms with van der Waals surface area (Å²) in [6.45, 7) is 8.45. The topological polar surface area (TPSA) is 104 Å². The highest BCUT2D eigenvalue weighted by molar-refractivity contribution is 6.80. The fraction of sp³-hybridized carbons (Fsp3) is 0.514. The molecule has 6 aromatic carbocycles. The van der Waals surface area contributed by atoms with Crippen LogP contribution in [0.5, 0.6) is 11.5 Å². The van der Waals surface area contributed by atoms with Crippen molar-refractivity contribution in [3.05, 3.63) is 131 Å². The standard InChI is InChI=1S/C74H100B2N4O4/c1-5-9-13-17-21-25-29-37-59(38-30-26-22-18-14-10-6-2)83-61-49-45-57(46-50-61)75-77-65-41-33-35-55-43-53-63(71(79-75)67(55)65)69-73(81)70(74(69)82)64-54-44-56-36-34-42-66-68(56)72(64)80-76(78-66)58-47-51-62(52-48-58)84-60(39-31-27-23-19-15-11-7-3)40-32-28-24-20-16-12-8-4/h33-36,41-54,59-60,77-79,81H,5-32,37-40H2,1-4H3/b70-64-. The molecule has 9 rings (SSSR count). The van der Waals surface area contributed by atoms with Crippen molar-refractivity contribution in [2.45, 2.75) is 245 Å². The molecule has 0 radical (unpaired) electrons. The highest BCUT2D eigenvalue weighted by Crippen LogP contribution is 2.45. The lowest BCUT2D eigenvalue weighted by atomic mass is 9.65. The minimum absolute atomic E-state index is 0.00332. The van der Waals surface area contributed by atoms with Crippen LogP contribution in [0.1, 0.15) is 239 Å². The van der Waals surface area contributed by atoms with Crippen molar-refractivity contribution in [3.63, 3.8) is 0 Å². The average molecular weight is 1130 g/mol. The Morgan fingerprint density at radius 3 is 1.35 bits per heavy atom. The summed E-state index contributed by atoms with van der Waals surface area (Å²) in [5.41, 5.74) is 6.13. The maximum absolute atomic E-state index is 14.9. The lowest BCUT2D eigenvalue weighted by Crippen LogP contribution is -2.48. The number of nitrogens with one attached hydrogen (secondary N) is 3. The summed E-state index contributed by atoms with van der Waals surface area (Å²) >= 11 is 0. The fourth-order valence-corrected chi connectivity index (χ4v) is 13.2. The third kappa shape index (κ3) is 16.6. The minimum Gasteiger partial charge on any atom is -0.506 e. The molecule has 446 valence electrons. The molecule has 6 aromatic rings. The number of carbonyl (C=O) groups is 1. The van der Waals surface area contributed by atoms with Crippen LogP contribution in [0.3, 0.4) is 0 Å². The van der Waals surface area contributed by atoms with Gasteiger partial charge in [-0.3, -0.25) is 4.79 Å². The summed E-state index contributed by atoms with van der Waals surface area (Å²) in [5.74, 6) is 1.62. The van der Waals surface area contributed by atoms with Crippen LogP contribution in [0.4, 0.5) is 17.1 Å². The quantitative estimate of drug-likeness (QED) is 0.0225. The van der Waals surface area contributed by atoms with Crippen molar-refractivity contribution in [2.24, 2.45) is 4.90 Å². The van der Waals surface area contributed by atoms with Crippen LogP contribution in [-0.4, -0.2) is 37.1 Å². The van der Waals surface area contributed by atoms with E-state index in [9.17, 15) is 9.90 Å². The largest absolute Gasteiger partial charge is 0.506 e. The van der Waals surface area contributed by atoms with E-state index < -0.39 is 6.98 Å². The first kappa shape index (κ1) is 62.4. The molecule has 0 saturated carbocycles. The van der Waals surface area contributed by atoms with Gasteiger partial charge in [-0.25, -0.2) is 0 Å². The third-order valence-electron chi connectivity index (χ3n) is 18.2. The van der Waals surface area contributed by atoms with Gasteiger partial charge in [-0.05, 0) is 109 Å². The van der Waals surface area contributed by atoms with E-state index in [4.69, 9.17) is 14.4 Å². The van der Waals surface area contributed by atoms with E-state index in [-0.39, 0.29) is 30.7 Å². The van der Waals surface area contributed by atoms with E-state index >= 15 is 0 Å². The molecule has 0 spiro atoms. The SMILES string of the molecule is CCCCCCCCCC(CCCCCCCCC)Oc1ccc(B2N=c3/c(=C4\C(=O)C(c5ccc6cccc7c6c5NB(c5ccc(OC(CCCCCCCCC)CCCCCCCCC)cc5)N7)=C4O)ccc4cccc(c34)N2)cc1. The summed E-state index contributed by atoms with van der Waals surface area (Å²) in [4.78, 5) is 20.3. The molecular weight excluding hydrogens is 1030 g/mol. The number of benzene rings is 6. The number of aliphatic hydroxyl groups excluding tert-OH is 1. The van der Waals surface area contributed by atoms with Gasteiger partial charge in [0.15, 0.2) is 0 Å². The highest BCUT2D eigenvalue weighted by atomic mass is 16.5. The Morgan fingerprint density at radius 1 is 0.440 bits per heavy atom. The lowest BCUT2D eigenvalue weighted by Gasteiger charge is -2.31. The molecular formula is C74H100B2N4O4. The number of nitrogens with zero attached hydrogens (tertiary/aromatic N) is 1. The van der Waals surface area contributed by atoms with Crippen molar-refractivity contribution in [3.8, 4) is 11.5 Å². The van der Waals surface area contributed by atoms with Gasteiger partial charge in [0.2, 0.25) is 5.78 Å². The van der Waals surface area contributed by atoms with E-state index in [1.165, 1.54) is 180 Å². The summed E-state index contributed by atoms with van der Waals surface area (Å²) in [7, 11) is 0. The van der Waals surface area contributed by atoms with Crippen molar-refractivity contribution in [1.29, 1.82) is 0 Å². The van der Waals surface area contributed by atoms with E-state index in [0.29, 0.717) is 27.3 Å². The van der Waals surface area contributed by atoms with E-state index in [1.54, 1.807) is 0 Å². The maximum Gasteiger partial charge on any atom is 0.427 e. The maximum atomic E-state index is 14.9. The first-order chi connectivity index (χ1) is 41.4. The molecule has 4 N–H and O–H groups in total. The lowest BCUT2D eigenvalue weighted by molar-refractivity contribution is -0.109. The monoisotopic (exact) mass is 1130 g/mol.